The minimum Gasteiger partial charge on any atom is -0.481 e. The van der Waals surface area contributed by atoms with E-state index in [2.05, 4.69) is 10.1 Å². The molecule has 1 heterocycles. The number of hydrogen-bond acceptors (Lipinski definition) is 5. The van der Waals surface area contributed by atoms with Crippen molar-refractivity contribution in [2.75, 3.05) is 17.2 Å². The van der Waals surface area contributed by atoms with Crippen molar-refractivity contribution in [3.05, 3.63) is 36.4 Å². The van der Waals surface area contributed by atoms with Crippen molar-refractivity contribution in [1.82, 2.24) is 14.8 Å². The molecule has 0 aliphatic rings. The first kappa shape index (κ1) is 13.9. The summed E-state index contributed by atoms with van der Waals surface area (Å²) in [5, 5.41) is 12.9. The third-order valence-corrected chi connectivity index (χ3v) is 3.01. The molecule has 0 amide bonds. The number of hydrogen-bond donors (Lipinski definition) is 2. The first-order valence-electron chi connectivity index (χ1n) is 6.22. The van der Waals surface area contributed by atoms with Gasteiger partial charge >= 0.3 is 5.97 Å². The molecule has 3 N–H and O–H groups in total. The van der Waals surface area contributed by atoms with Crippen LogP contribution in [0.5, 0.6) is 0 Å². The van der Waals surface area contributed by atoms with E-state index in [0.29, 0.717) is 18.8 Å². The summed E-state index contributed by atoms with van der Waals surface area (Å²) in [7, 11) is 1.80. The Morgan fingerprint density at radius 1 is 1.45 bits per heavy atom. The maximum atomic E-state index is 10.8. The molecular formula is C13H17N5O2. The van der Waals surface area contributed by atoms with Crippen molar-refractivity contribution in [3.63, 3.8) is 0 Å². The van der Waals surface area contributed by atoms with Gasteiger partial charge in [-0.2, -0.15) is 5.10 Å². The molecule has 1 aromatic carbocycles. The van der Waals surface area contributed by atoms with E-state index in [9.17, 15) is 4.79 Å². The average molecular weight is 275 g/mol. The highest BCUT2D eigenvalue weighted by atomic mass is 16.4. The van der Waals surface area contributed by atoms with Crippen LogP contribution < -0.4 is 10.6 Å². The summed E-state index contributed by atoms with van der Waals surface area (Å²) in [4.78, 5) is 16.9. The molecular weight excluding hydrogens is 258 g/mol. The SMILES string of the molecule is Cn1ncnc1CN(CCC(=O)O)c1ccccc1N. The quantitative estimate of drug-likeness (QED) is 0.759. The molecule has 20 heavy (non-hydrogen) atoms. The minimum atomic E-state index is -0.845. The molecule has 0 fully saturated rings. The van der Waals surface area contributed by atoms with Gasteiger partial charge in [0.25, 0.3) is 0 Å². The monoisotopic (exact) mass is 275 g/mol. The van der Waals surface area contributed by atoms with Crippen LogP contribution in [0.15, 0.2) is 30.6 Å². The molecule has 0 bridgehead atoms. The third kappa shape index (κ3) is 3.25. The predicted octanol–water partition coefficient (Wildman–Crippen LogP) is 0.879. The van der Waals surface area contributed by atoms with Gasteiger partial charge in [-0.05, 0) is 12.1 Å². The van der Waals surface area contributed by atoms with Gasteiger partial charge in [0.1, 0.15) is 12.2 Å². The number of carboxylic acid groups (broad SMARTS) is 1. The number of anilines is 2. The van der Waals surface area contributed by atoms with E-state index >= 15 is 0 Å². The predicted molar refractivity (Wildman–Crippen MR) is 75.2 cm³/mol. The molecule has 0 radical (unpaired) electrons. The Hall–Kier alpha value is -2.57. The van der Waals surface area contributed by atoms with Crippen LogP contribution in [0, 0.1) is 0 Å². The molecule has 0 saturated heterocycles. The zero-order valence-electron chi connectivity index (χ0n) is 11.2. The standard InChI is InChI=1S/C13H17N5O2/c1-17-12(15-9-16-17)8-18(7-6-13(19)20)11-5-3-2-4-10(11)14/h2-5,9H,6-8,14H2,1H3,(H,19,20). The number of nitrogen functional groups attached to an aromatic ring is 1. The Labute approximate surface area is 116 Å². The summed E-state index contributed by atoms with van der Waals surface area (Å²) >= 11 is 0. The highest BCUT2D eigenvalue weighted by Gasteiger charge is 2.14. The average Bonchev–Trinajstić information content (AvgIpc) is 2.81. The van der Waals surface area contributed by atoms with Gasteiger partial charge in [-0.1, -0.05) is 12.1 Å². The summed E-state index contributed by atoms with van der Waals surface area (Å²) in [5.41, 5.74) is 7.38. The maximum Gasteiger partial charge on any atom is 0.305 e. The minimum absolute atomic E-state index is 0.0339. The molecule has 0 unspecified atom stereocenters. The second kappa shape index (κ2) is 6.05. The number of rotatable bonds is 6. The first-order chi connectivity index (χ1) is 9.58. The Bertz CT molecular complexity index is 596. The summed E-state index contributed by atoms with van der Waals surface area (Å²) in [6.07, 6.45) is 1.51. The molecule has 2 rings (SSSR count). The lowest BCUT2D eigenvalue weighted by molar-refractivity contribution is -0.136. The molecule has 0 saturated carbocycles. The fourth-order valence-electron chi connectivity index (χ4n) is 1.92. The number of carbonyl (C=O) groups is 1. The Balaban J connectivity index is 2.23. The van der Waals surface area contributed by atoms with E-state index in [1.165, 1.54) is 6.33 Å². The summed E-state index contributed by atoms with van der Waals surface area (Å²) in [5.74, 6) is -0.0962. The summed E-state index contributed by atoms with van der Waals surface area (Å²) in [6, 6.07) is 7.37. The Kier molecular flexibility index (Phi) is 4.19. The highest BCUT2D eigenvalue weighted by molar-refractivity contribution is 5.70. The fourth-order valence-corrected chi connectivity index (χ4v) is 1.92. The van der Waals surface area contributed by atoms with Crippen LogP contribution in [0.25, 0.3) is 0 Å². The van der Waals surface area contributed by atoms with Crippen molar-refractivity contribution < 1.29 is 9.90 Å². The Morgan fingerprint density at radius 2 is 2.20 bits per heavy atom. The van der Waals surface area contributed by atoms with Gasteiger partial charge in [-0.15, -0.1) is 0 Å². The van der Waals surface area contributed by atoms with Gasteiger partial charge in [0.05, 0.1) is 24.3 Å². The molecule has 7 nitrogen and oxygen atoms in total. The lowest BCUT2D eigenvalue weighted by Gasteiger charge is -2.25. The molecule has 106 valence electrons. The van der Waals surface area contributed by atoms with Gasteiger partial charge in [0.15, 0.2) is 0 Å². The zero-order valence-corrected chi connectivity index (χ0v) is 11.2. The van der Waals surface area contributed by atoms with E-state index in [-0.39, 0.29) is 6.42 Å². The molecule has 0 atom stereocenters. The zero-order chi connectivity index (χ0) is 14.5. The van der Waals surface area contributed by atoms with E-state index in [0.717, 1.165) is 11.5 Å². The van der Waals surface area contributed by atoms with Crippen LogP contribution >= 0.6 is 0 Å². The van der Waals surface area contributed by atoms with Gasteiger partial charge in [-0.3, -0.25) is 9.48 Å². The van der Waals surface area contributed by atoms with Crippen LogP contribution in [-0.2, 0) is 18.4 Å². The molecule has 2 aromatic rings. The van der Waals surface area contributed by atoms with Gasteiger partial charge in [-0.25, -0.2) is 4.98 Å². The number of aryl methyl sites for hydroxylation is 1. The number of aliphatic carboxylic acids is 1. The highest BCUT2D eigenvalue weighted by Crippen LogP contribution is 2.24. The number of nitrogens with zero attached hydrogens (tertiary/aromatic N) is 4. The largest absolute Gasteiger partial charge is 0.481 e. The molecule has 0 spiro atoms. The van der Waals surface area contributed by atoms with Gasteiger partial charge < -0.3 is 15.7 Å². The second-order valence-electron chi connectivity index (χ2n) is 4.42. The van der Waals surface area contributed by atoms with Gasteiger partial charge in [0.2, 0.25) is 0 Å². The second-order valence-corrected chi connectivity index (χ2v) is 4.42. The normalized spacial score (nSPS) is 10.4. The summed E-state index contributed by atoms with van der Waals surface area (Å²) < 4.78 is 1.66. The van der Waals surface area contributed by atoms with Crippen molar-refractivity contribution in [2.45, 2.75) is 13.0 Å². The number of para-hydroxylation sites is 2. The van der Waals surface area contributed by atoms with Crippen molar-refractivity contribution in [1.29, 1.82) is 0 Å². The fraction of sp³-hybridized carbons (Fsp3) is 0.308. The van der Waals surface area contributed by atoms with Crippen LogP contribution in [0.3, 0.4) is 0 Å². The van der Waals surface area contributed by atoms with Crippen molar-refractivity contribution in [2.24, 2.45) is 7.05 Å². The molecule has 1 aromatic heterocycles. The van der Waals surface area contributed by atoms with Crippen LogP contribution in [0.1, 0.15) is 12.2 Å². The number of aromatic nitrogens is 3. The molecule has 0 aliphatic carbocycles. The smallest absolute Gasteiger partial charge is 0.305 e. The number of nitrogens with two attached hydrogens (primary N) is 1. The van der Waals surface area contributed by atoms with E-state index in [1.807, 2.05) is 23.1 Å². The van der Waals surface area contributed by atoms with Crippen LogP contribution in [-0.4, -0.2) is 32.4 Å². The molecule has 0 aliphatic heterocycles. The first-order valence-corrected chi connectivity index (χ1v) is 6.22. The lowest BCUT2D eigenvalue weighted by Crippen LogP contribution is -2.28. The summed E-state index contributed by atoms with van der Waals surface area (Å²) in [6.45, 7) is 0.814. The molecule has 7 heteroatoms. The number of carboxylic acids is 1. The Morgan fingerprint density at radius 3 is 2.80 bits per heavy atom. The van der Waals surface area contributed by atoms with Crippen LogP contribution in [0.4, 0.5) is 11.4 Å². The topological polar surface area (TPSA) is 97.3 Å². The lowest BCUT2D eigenvalue weighted by atomic mass is 10.2. The van der Waals surface area contributed by atoms with Crippen molar-refractivity contribution in [3.8, 4) is 0 Å². The van der Waals surface area contributed by atoms with Crippen molar-refractivity contribution >= 4 is 17.3 Å². The number of benzene rings is 1. The van der Waals surface area contributed by atoms with E-state index in [1.54, 1.807) is 17.8 Å². The van der Waals surface area contributed by atoms with E-state index in [4.69, 9.17) is 10.8 Å². The maximum absolute atomic E-state index is 10.8. The van der Waals surface area contributed by atoms with Gasteiger partial charge in [0, 0.05) is 13.6 Å². The van der Waals surface area contributed by atoms with Crippen LogP contribution in [0.2, 0.25) is 0 Å². The van der Waals surface area contributed by atoms with E-state index < -0.39 is 5.97 Å². The third-order valence-electron chi connectivity index (χ3n) is 3.01.